The van der Waals surface area contributed by atoms with Gasteiger partial charge in [-0.2, -0.15) is 11.8 Å². The van der Waals surface area contributed by atoms with Gasteiger partial charge in [-0.1, -0.05) is 13.8 Å². The fourth-order valence-electron chi connectivity index (χ4n) is 3.19. The third kappa shape index (κ3) is 9.17. The number of carbonyl (C=O) groups excluding carboxylic acids is 2. The van der Waals surface area contributed by atoms with E-state index in [2.05, 4.69) is 16.4 Å². The number of nitrogens with one attached hydrogen (secondary N) is 2. The number of halogens is 1. The van der Waals surface area contributed by atoms with E-state index >= 15 is 0 Å². The van der Waals surface area contributed by atoms with Crippen LogP contribution < -0.4 is 28.8 Å². The van der Waals surface area contributed by atoms with Crippen LogP contribution in [0.1, 0.15) is 46.0 Å². The molecule has 158 valence electrons. The van der Waals surface area contributed by atoms with Gasteiger partial charge in [0.25, 0.3) is 5.91 Å². The highest BCUT2D eigenvalue weighted by Gasteiger charge is 2.30. The van der Waals surface area contributed by atoms with Gasteiger partial charge in [0.1, 0.15) is 6.04 Å². The van der Waals surface area contributed by atoms with Crippen LogP contribution in [-0.2, 0) is 14.4 Å². The van der Waals surface area contributed by atoms with E-state index in [-0.39, 0.29) is 42.1 Å². The van der Waals surface area contributed by atoms with E-state index < -0.39 is 12.0 Å². The summed E-state index contributed by atoms with van der Waals surface area (Å²) in [6, 6.07) is -1.05. The smallest absolute Gasteiger partial charge is 0.326 e. The Hall–Kier alpha value is -0.990. The molecule has 0 radical (unpaired) electrons. The molecule has 0 unspecified atom stereocenters. The van der Waals surface area contributed by atoms with Crippen LogP contribution in [0.25, 0.3) is 0 Å². The number of carboxylic acids is 1. The topological polar surface area (TPSA) is 123 Å². The van der Waals surface area contributed by atoms with Crippen molar-refractivity contribution in [3.8, 4) is 0 Å². The lowest BCUT2D eigenvalue weighted by Gasteiger charge is -2.29. The molecule has 0 saturated heterocycles. The van der Waals surface area contributed by atoms with Gasteiger partial charge >= 0.3 is 5.97 Å². The molecule has 1 fully saturated rings. The first-order chi connectivity index (χ1) is 12.3. The molecule has 6 N–H and O–H groups in total. The Morgan fingerprint density at radius 1 is 1.19 bits per heavy atom. The molecule has 2 amide bonds. The summed E-state index contributed by atoms with van der Waals surface area (Å²) in [6.07, 6.45) is 5.99. The Balaban J connectivity index is 0.00000676. The predicted molar refractivity (Wildman–Crippen MR) is 103 cm³/mol. The molecule has 0 aliphatic heterocycles. The van der Waals surface area contributed by atoms with Gasteiger partial charge in [-0.15, -0.1) is 0 Å². The first-order valence-corrected chi connectivity index (χ1v) is 10.8. The number of rotatable bonds is 10. The van der Waals surface area contributed by atoms with Crippen LogP contribution in [0.15, 0.2) is 0 Å². The fourth-order valence-corrected chi connectivity index (χ4v) is 3.71. The highest BCUT2D eigenvalue weighted by atomic mass is 35.5. The molecular weight excluding hydrogens is 390 g/mol. The minimum absolute atomic E-state index is 0. The van der Waals surface area contributed by atoms with Crippen molar-refractivity contribution in [1.82, 2.24) is 10.6 Å². The van der Waals surface area contributed by atoms with E-state index in [1.165, 1.54) is 0 Å². The van der Waals surface area contributed by atoms with Gasteiger partial charge in [0.15, 0.2) is 6.04 Å². The third-order valence-electron chi connectivity index (χ3n) is 5.05. The van der Waals surface area contributed by atoms with Crippen molar-refractivity contribution in [2.24, 2.45) is 17.8 Å². The second-order valence-electron chi connectivity index (χ2n) is 7.51. The zero-order valence-electron chi connectivity index (χ0n) is 16.5. The highest BCUT2D eigenvalue weighted by Crippen LogP contribution is 2.28. The zero-order valence-corrected chi connectivity index (χ0v) is 18.1. The first kappa shape index (κ1) is 26.0. The summed E-state index contributed by atoms with van der Waals surface area (Å²) in [4.78, 5) is 35.6. The Bertz CT molecular complexity index is 485. The summed E-state index contributed by atoms with van der Waals surface area (Å²) in [7, 11) is 0. The molecule has 1 saturated carbocycles. The molecular formula is C18H34ClN3O4S. The molecule has 0 spiro atoms. The lowest BCUT2D eigenvalue weighted by atomic mass is 9.81. The number of carbonyl (C=O) groups is 3. The summed E-state index contributed by atoms with van der Waals surface area (Å²) >= 11 is 1.71. The number of carboxylic acid groups (broad SMARTS) is 1. The normalized spacial score (nSPS) is 21.7. The Labute approximate surface area is 172 Å². The molecule has 7 nitrogen and oxygen atoms in total. The molecule has 9 heteroatoms. The lowest BCUT2D eigenvalue weighted by molar-refractivity contribution is -0.403. The SMILES string of the molecule is CSCC[C@H]([NH3+])C(=O)NCC1CCC(C(=O)N[C@H](C(=O)O)C(C)C)CC1.[Cl-]. The van der Waals surface area contributed by atoms with Gasteiger partial charge in [0.05, 0.1) is 0 Å². The van der Waals surface area contributed by atoms with Crippen LogP contribution in [0.5, 0.6) is 0 Å². The molecule has 1 aliphatic carbocycles. The molecule has 1 aliphatic rings. The Kier molecular flexibility index (Phi) is 12.7. The maximum absolute atomic E-state index is 12.3. The molecule has 0 bridgehead atoms. The molecule has 0 aromatic rings. The number of hydrogen-bond donors (Lipinski definition) is 4. The van der Waals surface area contributed by atoms with E-state index in [1.54, 1.807) is 25.6 Å². The van der Waals surface area contributed by atoms with Crippen molar-refractivity contribution in [1.29, 1.82) is 0 Å². The monoisotopic (exact) mass is 423 g/mol. The maximum atomic E-state index is 12.3. The van der Waals surface area contributed by atoms with E-state index in [9.17, 15) is 19.5 Å². The van der Waals surface area contributed by atoms with Crippen LogP contribution in [0.3, 0.4) is 0 Å². The van der Waals surface area contributed by atoms with Crippen molar-refractivity contribution < 1.29 is 37.6 Å². The predicted octanol–water partition coefficient (Wildman–Crippen LogP) is -2.50. The van der Waals surface area contributed by atoms with Crippen LogP contribution in [-0.4, -0.2) is 53.5 Å². The van der Waals surface area contributed by atoms with Gasteiger partial charge in [-0.3, -0.25) is 9.59 Å². The van der Waals surface area contributed by atoms with Gasteiger partial charge in [-0.25, -0.2) is 4.79 Å². The first-order valence-electron chi connectivity index (χ1n) is 9.39. The maximum Gasteiger partial charge on any atom is 0.326 e. The van der Waals surface area contributed by atoms with Gasteiger partial charge in [-0.05, 0) is 49.5 Å². The summed E-state index contributed by atoms with van der Waals surface area (Å²) < 4.78 is 0. The standard InChI is InChI=1S/C18H33N3O4S.ClH/c1-11(2)15(18(24)25)21-16(22)13-6-4-12(5-7-13)10-20-17(23)14(19)8-9-26-3;/h11-15H,4-10,19H2,1-3H3,(H,20,23)(H,21,22)(H,24,25);1H/t12?,13?,14-,15-;/m0./s1. The van der Waals surface area contributed by atoms with Crippen molar-refractivity contribution in [3.63, 3.8) is 0 Å². The molecule has 27 heavy (non-hydrogen) atoms. The number of amides is 2. The van der Waals surface area contributed by atoms with E-state index in [0.717, 1.165) is 37.9 Å². The van der Waals surface area contributed by atoms with Crippen molar-refractivity contribution >= 4 is 29.5 Å². The quantitative estimate of drug-likeness (QED) is 0.309. The highest BCUT2D eigenvalue weighted by molar-refractivity contribution is 7.98. The van der Waals surface area contributed by atoms with Crippen LogP contribution in [0.4, 0.5) is 0 Å². The zero-order chi connectivity index (χ0) is 19.7. The van der Waals surface area contributed by atoms with Crippen LogP contribution in [0, 0.1) is 17.8 Å². The molecule has 0 aromatic heterocycles. The molecule has 0 heterocycles. The summed E-state index contributed by atoms with van der Waals surface area (Å²) in [5, 5.41) is 14.8. The van der Waals surface area contributed by atoms with Gasteiger partial charge < -0.3 is 33.9 Å². The van der Waals surface area contributed by atoms with Crippen molar-refractivity contribution in [2.45, 2.75) is 58.0 Å². The van der Waals surface area contributed by atoms with Crippen LogP contribution in [0.2, 0.25) is 0 Å². The lowest BCUT2D eigenvalue weighted by Crippen LogP contribution is -3.00. The third-order valence-corrected chi connectivity index (χ3v) is 5.70. The van der Waals surface area contributed by atoms with E-state index in [4.69, 9.17) is 0 Å². The van der Waals surface area contributed by atoms with Crippen LogP contribution >= 0.6 is 11.8 Å². The summed E-state index contributed by atoms with van der Waals surface area (Å²) in [5.74, 6) is -0.140. The number of aliphatic carboxylic acids is 1. The van der Waals surface area contributed by atoms with Crippen molar-refractivity contribution in [2.75, 3.05) is 18.6 Å². The fraction of sp³-hybridized carbons (Fsp3) is 0.833. The molecule has 0 aromatic carbocycles. The van der Waals surface area contributed by atoms with Crippen molar-refractivity contribution in [3.05, 3.63) is 0 Å². The average Bonchev–Trinajstić information content (AvgIpc) is 2.61. The van der Waals surface area contributed by atoms with Gasteiger partial charge in [0, 0.05) is 18.9 Å². The Morgan fingerprint density at radius 2 is 1.78 bits per heavy atom. The van der Waals surface area contributed by atoms with E-state index in [1.807, 2.05) is 6.26 Å². The Morgan fingerprint density at radius 3 is 2.26 bits per heavy atom. The summed E-state index contributed by atoms with van der Waals surface area (Å²) in [5.41, 5.74) is 3.90. The minimum atomic E-state index is -0.992. The van der Waals surface area contributed by atoms with Gasteiger partial charge in [0.2, 0.25) is 5.91 Å². The number of hydrogen-bond acceptors (Lipinski definition) is 4. The van der Waals surface area contributed by atoms with E-state index in [0.29, 0.717) is 12.5 Å². The second kappa shape index (κ2) is 13.2. The molecule has 1 rings (SSSR count). The number of thioether (sulfide) groups is 1. The summed E-state index contributed by atoms with van der Waals surface area (Å²) in [6.45, 7) is 4.20. The molecule has 2 atom stereocenters. The largest absolute Gasteiger partial charge is 1.00 e. The average molecular weight is 424 g/mol. The minimum Gasteiger partial charge on any atom is -1.00 e. The number of quaternary nitrogens is 1. The second-order valence-corrected chi connectivity index (χ2v) is 8.50.